The van der Waals surface area contributed by atoms with Crippen LogP contribution < -0.4 is 5.56 Å². The fourth-order valence-corrected chi connectivity index (χ4v) is 2.80. The molecule has 1 amide bonds. The van der Waals surface area contributed by atoms with Crippen LogP contribution in [-0.4, -0.2) is 40.1 Å². The summed E-state index contributed by atoms with van der Waals surface area (Å²) in [6, 6.07) is 11.3. The Morgan fingerprint density at radius 2 is 2.05 bits per heavy atom. The van der Waals surface area contributed by atoms with Gasteiger partial charge in [-0.1, -0.05) is 30.3 Å². The van der Waals surface area contributed by atoms with Crippen molar-refractivity contribution in [1.29, 1.82) is 0 Å². The number of aromatic nitrogens is 1. The Hall–Kier alpha value is -2.40. The maximum Gasteiger partial charge on any atom is 0.261 e. The van der Waals surface area contributed by atoms with Crippen molar-refractivity contribution in [3.63, 3.8) is 0 Å². The van der Waals surface area contributed by atoms with Gasteiger partial charge in [-0.25, -0.2) is 0 Å². The number of carbonyl (C=O) groups is 1. The molecule has 2 heterocycles. The number of aromatic amines is 1. The highest BCUT2D eigenvalue weighted by molar-refractivity contribution is 5.95. The summed E-state index contributed by atoms with van der Waals surface area (Å²) in [7, 11) is 0. The molecule has 0 radical (unpaired) electrons. The van der Waals surface area contributed by atoms with Crippen molar-refractivity contribution in [2.45, 2.75) is 19.4 Å². The van der Waals surface area contributed by atoms with Crippen LogP contribution in [0, 0.1) is 6.92 Å². The van der Waals surface area contributed by atoms with Crippen LogP contribution in [0.25, 0.3) is 11.1 Å². The Labute approximate surface area is 128 Å². The molecule has 0 bridgehead atoms. The average Bonchev–Trinajstić information content (AvgIpc) is 2.94. The van der Waals surface area contributed by atoms with Crippen LogP contribution in [0.3, 0.4) is 0 Å². The number of likely N-dealkylation sites (tertiary alicyclic amines) is 1. The van der Waals surface area contributed by atoms with Crippen LogP contribution in [0.1, 0.15) is 22.5 Å². The first-order chi connectivity index (χ1) is 10.6. The first-order valence-electron chi connectivity index (χ1n) is 7.33. The second-order valence-electron chi connectivity index (χ2n) is 5.61. The lowest BCUT2D eigenvalue weighted by molar-refractivity contribution is 0.0763. The topological polar surface area (TPSA) is 73.4 Å². The standard InChI is InChI=1S/C17H18N2O3/c1-11-14(12-5-3-2-4-6-12)9-15(16(21)18-11)17(22)19-8-7-13(20)10-19/h2-6,9,13,20H,7-8,10H2,1H3,(H,18,21)/t13-/m1/s1. The summed E-state index contributed by atoms with van der Waals surface area (Å²) in [6.07, 6.45) is 0.0585. The van der Waals surface area contributed by atoms with Crippen LogP contribution >= 0.6 is 0 Å². The molecule has 1 saturated heterocycles. The number of aliphatic hydroxyl groups excluding tert-OH is 1. The normalized spacial score (nSPS) is 17.7. The zero-order chi connectivity index (χ0) is 15.7. The predicted octanol–water partition coefficient (Wildman–Crippen LogP) is 1.56. The van der Waals surface area contributed by atoms with Crippen LogP contribution in [0.4, 0.5) is 0 Å². The highest BCUT2D eigenvalue weighted by Crippen LogP contribution is 2.22. The molecule has 3 rings (SSSR count). The summed E-state index contributed by atoms with van der Waals surface area (Å²) in [5.74, 6) is -0.324. The summed E-state index contributed by atoms with van der Waals surface area (Å²) in [4.78, 5) is 28.9. The van der Waals surface area contributed by atoms with E-state index in [4.69, 9.17) is 0 Å². The molecule has 1 aromatic heterocycles. The van der Waals surface area contributed by atoms with E-state index in [1.54, 1.807) is 6.07 Å². The van der Waals surface area contributed by atoms with Gasteiger partial charge in [-0.3, -0.25) is 9.59 Å². The van der Waals surface area contributed by atoms with E-state index in [1.165, 1.54) is 4.90 Å². The second-order valence-corrected chi connectivity index (χ2v) is 5.61. The number of hydrogen-bond acceptors (Lipinski definition) is 3. The summed E-state index contributed by atoms with van der Waals surface area (Å²) in [5, 5.41) is 9.56. The van der Waals surface area contributed by atoms with Crippen LogP contribution in [0.15, 0.2) is 41.2 Å². The van der Waals surface area contributed by atoms with E-state index in [0.717, 1.165) is 16.8 Å². The van der Waals surface area contributed by atoms with E-state index >= 15 is 0 Å². The van der Waals surface area contributed by atoms with Gasteiger partial charge >= 0.3 is 0 Å². The zero-order valence-corrected chi connectivity index (χ0v) is 12.4. The van der Waals surface area contributed by atoms with Crippen molar-refractivity contribution in [3.8, 4) is 11.1 Å². The number of nitrogens with one attached hydrogen (secondary N) is 1. The quantitative estimate of drug-likeness (QED) is 0.883. The number of β-amino-alcohol motifs (C(OH)–C–C–N with tert-alkyl or cyclic N) is 1. The minimum absolute atomic E-state index is 0.124. The van der Waals surface area contributed by atoms with Crippen LogP contribution in [-0.2, 0) is 0 Å². The van der Waals surface area contributed by atoms with Gasteiger partial charge in [0.25, 0.3) is 11.5 Å². The van der Waals surface area contributed by atoms with E-state index in [2.05, 4.69) is 4.98 Å². The highest BCUT2D eigenvalue weighted by atomic mass is 16.3. The zero-order valence-electron chi connectivity index (χ0n) is 12.4. The third-order valence-electron chi connectivity index (χ3n) is 4.00. The number of nitrogens with zero attached hydrogens (tertiary/aromatic N) is 1. The lowest BCUT2D eigenvalue weighted by Gasteiger charge is -2.16. The lowest BCUT2D eigenvalue weighted by Crippen LogP contribution is -2.34. The molecule has 0 saturated carbocycles. The monoisotopic (exact) mass is 298 g/mol. The van der Waals surface area contributed by atoms with Crippen molar-refractivity contribution in [1.82, 2.24) is 9.88 Å². The fourth-order valence-electron chi connectivity index (χ4n) is 2.80. The van der Waals surface area contributed by atoms with Gasteiger partial charge in [0, 0.05) is 24.3 Å². The minimum Gasteiger partial charge on any atom is -0.391 e. The minimum atomic E-state index is -0.498. The molecule has 5 heteroatoms. The third kappa shape index (κ3) is 2.67. The van der Waals surface area contributed by atoms with E-state index in [-0.39, 0.29) is 23.6 Å². The third-order valence-corrected chi connectivity index (χ3v) is 4.00. The number of aryl methyl sites for hydroxylation is 1. The van der Waals surface area contributed by atoms with Gasteiger partial charge in [-0.05, 0) is 25.0 Å². The Bertz CT molecular complexity index is 752. The summed E-state index contributed by atoms with van der Waals surface area (Å²) >= 11 is 0. The molecular weight excluding hydrogens is 280 g/mol. The number of benzene rings is 1. The number of carbonyl (C=O) groups excluding carboxylic acids is 1. The van der Waals surface area contributed by atoms with Crippen LogP contribution in [0.2, 0.25) is 0 Å². The van der Waals surface area contributed by atoms with Gasteiger partial charge in [0.2, 0.25) is 0 Å². The Morgan fingerprint density at radius 1 is 1.32 bits per heavy atom. The maximum absolute atomic E-state index is 12.5. The van der Waals surface area contributed by atoms with E-state index in [0.29, 0.717) is 13.0 Å². The van der Waals surface area contributed by atoms with Crippen molar-refractivity contribution in [2.75, 3.05) is 13.1 Å². The molecule has 5 nitrogen and oxygen atoms in total. The molecule has 2 N–H and O–H groups in total. The first-order valence-corrected chi connectivity index (χ1v) is 7.33. The number of rotatable bonds is 2. The van der Waals surface area contributed by atoms with Crippen LogP contribution in [0.5, 0.6) is 0 Å². The van der Waals surface area contributed by atoms with Gasteiger partial charge in [-0.2, -0.15) is 0 Å². The van der Waals surface area contributed by atoms with E-state index < -0.39 is 6.10 Å². The van der Waals surface area contributed by atoms with Crippen molar-refractivity contribution >= 4 is 5.91 Å². The Kier molecular flexibility index (Phi) is 3.81. The molecule has 2 aromatic rings. The second kappa shape index (κ2) is 5.77. The number of pyridine rings is 1. The average molecular weight is 298 g/mol. The fraction of sp³-hybridized carbons (Fsp3) is 0.294. The molecule has 1 aliphatic heterocycles. The predicted molar refractivity (Wildman–Crippen MR) is 83.8 cm³/mol. The summed E-state index contributed by atoms with van der Waals surface area (Å²) in [5.41, 5.74) is 2.26. The van der Waals surface area contributed by atoms with E-state index in [9.17, 15) is 14.7 Å². The van der Waals surface area contributed by atoms with Crippen molar-refractivity contribution in [3.05, 3.63) is 58.0 Å². The maximum atomic E-state index is 12.5. The largest absolute Gasteiger partial charge is 0.391 e. The molecule has 1 fully saturated rings. The molecule has 22 heavy (non-hydrogen) atoms. The molecule has 0 aliphatic carbocycles. The van der Waals surface area contributed by atoms with Crippen molar-refractivity contribution < 1.29 is 9.90 Å². The smallest absolute Gasteiger partial charge is 0.261 e. The van der Waals surface area contributed by atoms with Gasteiger partial charge in [0.15, 0.2) is 0 Å². The lowest BCUT2D eigenvalue weighted by atomic mass is 10.0. The van der Waals surface area contributed by atoms with Gasteiger partial charge in [-0.15, -0.1) is 0 Å². The van der Waals surface area contributed by atoms with E-state index in [1.807, 2.05) is 37.3 Å². The van der Waals surface area contributed by atoms with Gasteiger partial charge < -0.3 is 15.0 Å². The number of amides is 1. The van der Waals surface area contributed by atoms with Gasteiger partial charge in [0.1, 0.15) is 5.56 Å². The molecule has 1 atom stereocenters. The Morgan fingerprint density at radius 3 is 2.68 bits per heavy atom. The molecule has 1 aliphatic rings. The Balaban J connectivity index is 2.02. The molecular formula is C17H18N2O3. The molecule has 0 spiro atoms. The summed E-state index contributed by atoms with van der Waals surface area (Å²) < 4.78 is 0. The number of H-pyrrole nitrogens is 1. The SMILES string of the molecule is Cc1[nH]c(=O)c(C(=O)N2CC[C@@H](O)C2)cc1-c1ccccc1. The summed E-state index contributed by atoms with van der Waals surface area (Å²) in [6.45, 7) is 2.58. The highest BCUT2D eigenvalue weighted by Gasteiger charge is 2.27. The first kappa shape index (κ1) is 14.5. The number of hydrogen-bond donors (Lipinski definition) is 2. The molecule has 1 aromatic carbocycles. The molecule has 114 valence electrons. The molecule has 0 unspecified atom stereocenters. The van der Waals surface area contributed by atoms with Gasteiger partial charge in [0.05, 0.1) is 6.10 Å². The van der Waals surface area contributed by atoms with Crippen molar-refractivity contribution in [2.24, 2.45) is 0 Å². The number of aliphatic hydroxyl groups is 1.